The Bertz CT molecular complexity index is 534. The van der Waals surface area contributed by atoms with Crippen LogP contribution < -0.4 is 5.43 Å². The molecule has 1 saturated carbocycles. The smallest absolute Gasteiger partial charge is 0.244 e. The molecule has 3 nitrogen and oxygen atoms in total. The largest absolute Gasteiger partial charge is 0.273 e. The van der Waals surface area contributed by atoms with Crippen LogP contribution in [0.15, 0.2) is 29.4 Å². The molecule has 1 aromatic carbocycles. The molecular formula is C13H12N2O. The number of benzene rings is 1. The van der Waals surface area contributed by atoms with E-state index in [-0.39, 0.29) is 17.2 Å². The van der Waals surface area contributed by atoms with E-state index in [4.69, 9.17) is 0 Å². The minimum atomic E-state index is 0.0939. The highest BCUT2D eigenvalue weighted by atomic mass is 16.2. The molecule has 0 bridgehead atoms. The van der Waals surface area contributed by atoms with Crippen molar-refractivity contribution in [3.8, 4) is 0 Å². The van der Waals surface area contributed by atoms with E-state index in [0.29, 0.717) is 0 Å². The van der Waals surface area contributed by atoms with E-state index in [9.17, 15) is 4.79 Å². The van der Waals surface area contributed by atoms with Crippen LogP contribution in [0.2, 0.25) is 0 Å². The van der Waals surface area contributed by atoms with Crippen LogP contribution in [-0.2, 0) is 11.2 Å². The van der Waals surface area contributed by atoms with Gasteiger partial charge in [0.2, 0.25) is 5.91 Å². The molecule has 4 rings (SSSR count). The second-order valence-corrected chi connectivity index (χ2v) is 5.01. The SMILES string of the molecule is O=C1NN=C2c3ccccc3CCC23C[C@@H]13. The molecule has 1 heterocycles. The van der Waals surface area contributed by atoms with Gasteiger partial charge >= 0.3 is 0 Å². The molecule has 1 unspecified atom stereocenters. The zero-order valence-electron chi connectivity index (χ0n) is 8.86. The van der Waals surface area contributed by atoms with Gasteiger partial charge in [0.05, 0.1) is 11.6 Å². The van der Waals surface area contributed by atoms with Gasteiger partial charge in [-0.25, -0.2) is 5.43 Å². The lowest BCUT2D eigenvalue weighted by Gasteiger charge is -2.29. The lowest BCUT2D eigenvalue weighted by molar-refractivity contribution is -0.123. The van der Waals surface area contributed by atoms with Gasteiger partial charge in [-0.3, -0.25) is 4.79 Å². The molecule has 80 valence electrons. The van der Waals surface area contributed by atoms with Gasteiger partial charge in [0.15, 0.2) is 0 Å². The molecule has 1 fully saturated rings. The molecule has 16 heavy (non-hydrogen) atoms. The number of carbonyl (C=O) groups excluding carboxylic acids is 1. The number of nitrogens with zero attached hydrogens (tertiary/aromatic N) is 1. The summed E-state index contributed by atoms with van der Waals surface area (Å²) in [7, 11) is 0. The third-order valence-corrected chi connectivity index (χ3v) is 4.25. The van der Waals surface area contributed by atoms with Crippen LogP contribution in [0.3, 0.4) is 0 Å². The fourth-order valence-corrected chi connectivity index (χ4v) is 3.26. The third-order valence-electron chi connectivity index (χ3n) is 4.25. The number of hydrogen-bond donors (Lipinski definition) is 1. The zero-order chi connectivity index (χ0) is 10.8. The van der Waals surface area contributed by atoms with Gasteiger partial charge in [-0.1, -0.05) is 24.3 Å². The Morgan fingerprint density at radius 1 is 1.38 bits per heavy atom. The number of fused-ring (bicyclic) bond motifs is 2. The standard InChI is InChI=1S/C13H12N2O/c16-12-10-7-13(10)6-5-8-3-1-2-4-9(8)11(13)14-15-12/h1-4,10H,5-7H2,(H,15,16)/t10-,13?/m0/s1. The number of nitrogens with one attached hydrogen (secondary N) is 1. The number of aryl methyl sites for hydroxylation is 1. The molecule has 2 atom stereocenters. The number of hydrazone groups is 1. The molecule has 0 aromatic heterocycles. The van der Waals surface area contributed by atoms with Gasteiger partial charge < -0.3 is 0 Å². The summed E-state index contributed by atoms with van der Waals surface area (Å²) in [4.78, 5) is 11.6. The van der Waals surface area contributed by atoms with E-state index < -0.39 is 0 Å². The van der Waals surface area contributed by atoms with Crippen molar-refractivity contribution >= 4 is 11.6 Å². The predicted octanol–water partition coefficient (Wildman–Crippen LogP) is 1.47. The van der Waals surface area contributed by atoms with Crippen LogP contribution >= 0.6 is 0 Å². The van der Waals surface area contributed by atoms with Gasteiger partial charge in [0, 0.05) is 11.0 Å². The Labute approximate surface area is 93.5 Å². The van der Waals surface area contributed by atoms with Crippen molar-refractivity contribution < 1.29 is 4.79 Å². The number of carbonyl (C=O) groups is 1. The third kappa shape index (κ3) is 0.848. The first kappa shape index (κ1) is 8.50. The molecule has 0 radical (unpaired) electrons. The highest BCUT2D eigenvalue weighted by Crippen LogP contribution is 2.61. The van der Waals surface area contributed by atoms with Gasteiger partial charge in [0.1, 0.15) is 0 Å². The van der Waals surface area contributed by atoms with Crippen LogP contribution in [-0.4, -0.2) is 11.6 Å². The average Bonchev–Trinajstić information content (AvgIpc) is 3.05. The van der Waals surface area contributed by atoms with Crippen LogP contribution in [0.25, 0.3) is 0 Å². The van der Waals surface area contributed by atoms with Crippen molar-refractivity contribution in [3.63, 3.8) is 0 Å². The number of rotatable bonds is 0. The summed E-state index contributed by atoms with van der Waals surface area (Å²) < 4.78 is 0. The van der Waals surface area contributed by atoms with Crippen molar-refractivity contribution in [2.75, 3.05) is 0 Å². The number of amides is 1. The summed E-state index contributed by atoms with van der Waals surface area (Å²) in [6, 6.07) is 8.41. The van der Waals surface area contributed by atoms with E-state index in [1.165, 1.54) is 11.1 Å². The maximum absolute atomic E-state index is 11.6. The Hall–Kier alpha value is -1.64. The highest BCUT2D eigenvalue weighted by molar-refractivity contribution is 6.13. The van der Waals surface area contributed by atoms with E-state index >= 15 is 0 Å². The van der Waals surface area contributed by atoms with Crippen molar-refractivity contribution in [1.82, 2.24) is 5.43 Å². The predicted molar refractivity (Wildman–Crippen MR) is 60.0 cm³/mol. The van der Waals surface area contributed by atoms with Crippen molar-refractivity contribution in [2.24, 2.45) is 16.4 Å². The Morgan fingerprint density at radius 2 is 2.25 bits per heavy atom. The van der Waals surface area contributed by atoms with Crippen LogP contribution in [0.5, 0.6) is 0 Å². The molecule has 3 aliphatic rings. The first-order valence-electron chi connectivity index (χ1n) is 5.77. The van der Waals surface area contributed by atoms with Crippen LogP contribution in [0.4, 0.5) is 0 Å². The Balaban J connectivity index is 1.93. The molecule has 1 aliphatic heterocycles. The van der Waals surface area contributed by atoms with Gasteiger partial charge in [-0.2, -0.15) is 5.10 Å². The van der Waals surface area contributed by atoms with Crippen molar-refractivity contribution in [3.05, 3.63) is 35.4 Å². The second kappa shape index (κ2) is 2.54. The highest BCUT2D eigenvalue weighted by Gasteiger charge is 2.64. The molecule has 2 aliphatic carbocycles. The van der Waals surface area contributed by atoms with Crippen molar-refractivity contribution in [2.45, 2.75) is 19.3 Å². The maximum Gasteiger partial charge on any atom is 0.244 e. The molecule has 1 aromatic rings. The van der Waals surface area contributed by atoms with Crippen LogP contribution in [0.1, 0.15) is 24.0 Å². The minimum absolute atomic E-state index is 0.0939. The lowest BCUT2D eigenvalue weighted by Crippen LogP contribution is -2.38. The molecule has 1 N–H and O–H groups in total. The summed E-state index contributed by atoms with van der Waals surface area (Å²) >= 11 is 0. The topological polar surface area (TPSA) is 41.5 Å². The number of hydrogen-bond acceptors (Lipinski definition) is 2. The lowest BCUT2D eigenvalue weighted by atomic mass is 9.77. The monoisotopic (exact) mass is 212 g/mol. The van der Waals surface area contributed by atoms with Gasteiger partial charge in [0.25, 0.3) is 0 Å². The van der Waals surface area contributed by atoms with Gasteiger partial charge in [-0.15, -0.1) is 0 Å². The van der Waals surface area contributed by atoms with E-state index in [2.05, 4.69) is 28.7 Å². The summed E-state index contributed by atoms with van der Waals surface area (Å²) in [6.45, 7) is 0. The normalized spacial score (nSPS) is 34.1. The zero-order valence-corrected chi connectivity index (χ0v) is 8.86. The second-order valence-electron chi connectivity index (χ2n) is 5.01. The van der Waals surface area contributed by atoms with Crippen molar-refractivity contribution in [1.29, 1.82) is 0 Å². The molecule has 1 spiro atoms. The molecule has 3 heteroatoms. The summed E-state index contributed by atoms with van der Waals surface area (Å²) in [5.41, 5.74) is 6.49. The van der Waals surface area contributed by atoms with E-state index in [1.54, 1.807) is 0 Å². The fourth-order valence-electron chi connectivity index (χ4n) is 3.26. The van der Waals surface area contributed by atoms with Crippen LogP contribution in [0, 0.1) is 11.3 Å². The Kier molecular flexibility index (Phi) is 1.35. The minimum Gasteiger partial charge on any atom is -0.273 e. The summed E-state index contributed by atoms with van der Waals surface area (Å²) in [6.07, 6.45) is 3.16. The quantitative estimate of drug-likeness (QED) is 0.695. The molecule has 0 saturated heterocycles. The molecule has 1 amide bonds. The van der Waals surface area contributed by atoms with Gasteiger partial charge in [-0.05, 0) is 24.8 Å². The van der Waals surface area contributed by atoms with E-state index in [0.717, 1.165) is 25.0 Å². The fraction of sp³-hybridized carbons (Fsp3) is 0.385. The average molecular weight is 212 g/mol. The summed E-state index contributed by atoms with van der Waals surface area (Å²) in [5.74, 6) is 0.302. The Morgan fingerprint density at radius 3 is 3.19 bits per heavy atom. The summed E-state index contributed by atoms with van der Waals surface area (Å²) in [5, 5.41) is 4.30. The first-order chi connectivity index (χ1) is 7.81. The maximum atomic E-state index is 11.6. The first-order valence-corrected chi connectivity index (χ1v) is 5.77. The molecular weight excluding hydrogens is 200 g/mol. The van der Waals surface area contributed by atoms with E-state index in [1.807, 2.05) is 6.07 Å².